The fraction of sp³-hybridized carbons (Fsp3) is 1.00. The summed E-state index contributed by atoms with van der Waals surface area (Å²) in [6, 6.07) is 0. The molecule has 1 heterocycles. The van der Waals surface area contributed by atoms with Gasteiger partial charge in [-0.15, -0.1) is 0 Å². The summed E-state index contributed by atoms with van der Waals surface area (Å²) in [4.78, 5) is 0. The van der Waals surface area contributed by atoms with Crippen LogP contribution in [-0.4, -0.2) is 109 Å². The maximum Gasteiger partial charge on any atom is 0.186 e. The standard InChI is InChI=1S/C33H68NO7/c1-5-7-9-11-13-14-15-16-17-18-19-21-23-34(3,4)25-28(35)26-39-27-29-30(36)31(37)32(38)33(41-29)40-24-22-20-12-10-8-6-2/h28-33,35-38H,5-27H2,1-4H3/q+1/t28?,29-,30-,31+,32-,33-/m1/s1. The van der Waals surface area contributed by atoms with Crippen molar-refractivity contribution in [2.75, 3.05) is 47.0 Å². The van der Waals surface area contributed by atoms with E-state index in [0.29, 0.717) is 13.2 Å². The van der Waals surface area contributed by atoms with Crippen molar-refractivity contribution in [1.82, 2.24) is 0 Å². The highest BCUT2D eigenvalue weighted by Crippen LogP contribution is 2.23. The minimum atomic E-state index is -1.37. The lowest BCUT2D eigenvalue weighted by molar-refractivity contribution is -0.893. The van der Waals surface area contributed by atoms with Gasteiger partial charge in [0.25, 0.3) is 0 Å². The van der Waals surface area contributed by atoms with E-state index in [0.717, 1.165) is 36.7 Å². The minimum absolute atomic E-state index is 0.00501. The molecule has 41 heavy (non-hydrogen) atoms. The van der Waals surface area contributed by atoms with Crippen LogP contribution in [-0.2, 0) is 14.2 Å². The number of hydrogen-bond donors (Lipinski definition) is 4. The highest BCUT2D eigenvalue weighted by molar-refractivity contribution is 4.89. The van der Waals surface area contributed by atoms with Crippen LogP contribution in [0.4, 0.5) is 0 Å². The Morgan fingerprint density at radius 2 is 1.15 bits per heavy atom. The first-order valence-corrected chi connectivity index (χ1v) is 17.1. The van der Waals surface area contributed by atoms with E-state index in [4.69, 9.17) is 14.2 Å². The summed E-state index contributed by atoms with van der Waals surface area (Å²) in [6.45, 7) is 6.60. The van der Waals surface area contributed by atoms with Gasteiger partial charge in [0, 0.05) is 6.61 Å². The normalized spacial score (nSPS) is 24.1. The molecular weight excluding hydrogens is 522 g/mol. The highest BCUT2D eigenvalue weighted by atomic mass is 16.7. The van der Waals surface area contributed by atoms with Crippen LogP contribution in [0.15, 0.2) is 0 Å². The molecule has 0 aromatic heterocycles. The molecule has 0 aromatic rings. The molecule has 8 heteroatoms. The first kappa shape index (κ1) is 38.7. The number of aliphatic hydroxyl groups is 4. The molecule has 0 saturated carbocycles. The van der Waals surface area contributed by atoms with E-state index in [1.165, 1.54) is 89.9 Å². The Hall–Kier alpha value is -0.320. The van der Waals surface area contributed by atoms with Crippen LogP contribution >= 0.6 is 0 Å². The van der Waals surface area contributed by atoms with Gasteiger partial charge in [-0.25, -0.2) is 0 Å². The van der Waals surface area contributed by atoms with Gasteiger partial charge in [0.15, 0.2) is 6.29 Å². The number of ether oxygens (including phenoxy) is 3. The summed E-state index contributed by atoms with van der Waals surface area (Å²) in [5.41, 5.74) is 0. The summed E-state index contributed by atoms with van der Waals surface area (Å²) in [5.74, 6) is 0. The van der Waals surface area contributed by atoms with Gasteiger partial charge in [-0.05, 0) is 19.3 Å². The Bertz CT molecular complexity index is 594. The molecule has 1 aliphatic rings. The van der Waals surface area contributed by atoms with Crippen molar-refractivity contribution in [3.05, 3.63) is 0 Å². The molecule has 6 atom stereocenters. The average molecular weight is 591 g/mol. The summed E-state index contributed by atoms with van der Waals surface area (Å²) in [5, 5.41) is 41.5. The third kappa shape index (κ3) is 18.8. The second-order valence-electron chi connectivity index (χ2n) is 13.1. The van der Waals surface area contributed by atoms with E-state index in [1.54, 1.807) is 0 Å². The Balaban J connectivity index is 2.18. The molecule has 8 nitrogen and oxygen atoms in total. The number of hydrogen-bond acceptors (Lipinski definition) is 7. The summed E-state index contributed by atoms with van der Waals surface area (Å²) < 4.78 is 17.8. The van der Waals surface area contributed by atoms with Crippen molar-refractivity contribution in [2.45, 2.75) is 166 Å². The maximum atomic E-state index is 10.6. The van der Waals surface area contributed by atoms with Crippen LogP contribution < -0.4 is 0 Å². The number of unbranched alkanes of at least 4 members (excludes halogenated alkanes) is 16. The molecule has 1 unspecified atom stereocenters. The van der Waals surface area contributed by atoms with Crippen LogP contribution in [0.3, 0.4) is 0 Å². The van der Waals surface area contributed by atoms with Crippen molar-refractivity contribution in [1.29, 1.82) is 0 Å². The largest absolute Gasteiger partial charge is 0.387 e. The minimum Gasteiger partial charge on any atom is -0.387 e. The second kappa shape index (κ2) is 24.1. The quantitative estimate of drug-likeness (QED) is 0.0757. The molecule has 1 rings (SSSR count). The van der Waals surface area contributed by atoms with Gasteiger partial charge in [-0.3, -0.25) is 0 Å². The molecule has 1 aliphatic heterocycles. The molecule has 0 aromatic carbocycles. The topological polar surface area (TPSA) is 109 Å². The van der Waals surface area contributed by atoms with Gasteiger partial charge in [0.05, 0.1) is 33.9 Å². The predicted molar refractivity (Wildman–Crippen MR) is 166 cm³/mol. The van der Waals surface area contributed by atoms with Gasteiger partial charge in [-0.1, -0.05) is 110 Å². The molecule has 0 bridgehead atoms. The fourth-order valence-electron chi connectivity index (χ4n) is 5.69. The predicted octanol–water partition coefficient (Wildman–Crippen LogP) is 5.33. The Morgan fingerprint density at radius 3 is 1.68 bits per heavy atom. The lowest BCUT2D eigenvalue weighted by atomic mass is 9.99. The molecule has 1 saturated heterocycles. The third-order valence-corrected chi connectivity index (χ3v) is 8.36. The van der Waals surface area contributed by atoms with E-state index in [-0.39, 0.29) is 13.2 Å². The molecule has 0 aliphatic carbocycles. The van der Waals surface area contributed by atoms with Crippen molar-refractivity contribution in [2.24, 2.45) is 0 Å². The van der Waals surface area contributed by atoms with Crippen LogP contribution in [0, 0.1) is 0 Å². The van der Waals surface area contributed by atoms with Gasteiger partial charge >= 0.3 is 0 Å². The molecule has 246 valence electrons. The first-order valence-electron chi connectivity index (χ1n) is 17.1. The zero-order valence-electron chi connectivity index (χ0n) is 27.2. The highest BCUT2D eigenvalue weighted by Gasteiger charge is 2.44. The SMILES string of the molecule is CCCCCCCCCCCCCC[N+](C)(C)CC(O)COC[C@H]1O[C@@H](OCCCCCCCC)[C@H](O)[C@@H](O)[C@@H]1O. The summed E-state index contributed by atoms with van der Waals surface area (Å²) in [7, 11) is 4.28. The average Bonchev–Trinajstić information content (AvgIpc) is 2.93. The van der Waals surface area contributed by atoms with Crippen molar-refractivity contribution in [3.63, 3.8) is 0 Å². The lowest BCUT2D eigenvalue weighted by Gasteiger charge is -2.40. The number of quaternary nitrogens is 1. The zero-order valence-corrected chi connectivity index (χ0v) is 27.2. The number of aliphatic hydroxyl groups excluding tert-OH is 4. The van der Waals surface area contributed by atoms with E-state index < -0.39 is 36.8 Å². The van der Waals surface area contributed by atoms with Crippen LogP contribution in [0.25, 0.3) is 0 Å². The summed E-state index contributed by atoms with van der Waals surface area (Å²) >= 11 is 0. The van der Waals surface area contributed by atoms with Crippen molar-refractivity contribution in [3.8, 4) is 0 Å². The van der Waals surface area contributed by atoms with Crippen molar-refractivity contribution < 1.29 is 39.1 Å². The van der Waals surface area contributed by atoms with E-state index in [2.05, 4.69) is 27.9 Å². The van der Waals surface area contributed by atoms with Crippen molar-refractivity contribution >= 4 is 0 Å². The molecule has 0 radical (unpaired) electrons. The number of likely N-dealkylation sites (N-methyl/N-ethyl adjacent to an activating group) is 1. The second-order valence-corrected chi connectivity index (χ2v) is 13.1. The number of rotatable bonds is 27. The van der Waals surface area contributed by atoms with Gasteiger partial charge < -0.3 is 39.1 Å². The first-order chi connectivity index (χ1) is 19.7. The van der Waals surface area contributed by atoms with E-state index in [1.807, 2.05) is 0 Å². The zero-order chi connectivity index (χ0) is 30.3. The van der Waals surface area contributed by atoms with Crippen LogP contribution in [0.2, 0.25) is 0 Å². The van der Waals surface area contributed by atoms with Gasteiger partial charge in [0.2, 0.25) is 0 Å². The molecule has 0 spiro atoms. The van der Waals surface area contributed by atoms with Crippen LogP contribution in [0.5, 0.6) is 0 Å². The summed E-state index contributed by atoms with van der Waals surface area (Å²) in [6.07, 6.45) is 16.3. The Morgan fingerprint density at radius 1 is 0.659 bits per heavy atom. The Kier molecular flexibility index (Phi) is 22.7. The smallest absolute Gasteiger partial charge is 0.186 e. The molecule has 4 N–H and O–H groups in total. The lowest BCUT2D eigenvalue weighted by Crippen LogP contribution is -2.59. The van der Waals surface area contributed by atoms with E-state index in [9.17, 15) is 20.4 Å². The molecular formula is C33H68NO7+. The Labute approximate surface area is 252 Å². The molecule has 0 amide bonds. The van der Waals surface area contributed by atoms with Crippen LogP contribution in [0.1, 0.15) is 129 Å². The maximum absolute atomic E-state index is 10.6. The van der Waals surface area contributed by atoms with E-state index >= 15 is 0 Å². The fourth-order valence-corrected chi connectivity index (χ4v) is 5.69. The monoisotopic (exact) mass is 590 g/mol. The number of nitrogens with zero attached hydrogens (tertiary/aromatic N) is 1. The van der Waals surface area contributed by atoms with Gasteiger partial charge in [0.1, 0.15) is 37.1 Å². The third-order valence-electron chi connectivity index (χ3n) is 8.36. The molecule has 1 fully saturated rings. The van der Waals surface area contributed by atoms with Gasteiger partial charge in [-0.2, -0.15) is 0 Å².